The Morgan fingerprint density at radius 3 is 2.95 bits per heavy atom. The highest BCUT2D eigenvalue weighted by Gasteiger charge is 2.15. The van der Waals surface area contributed by atoms with Crippen molar-refractivity contribution in [1.82, 2.24) is 20.1 Å². The second kappa shape index (κ2) is 5.13. The van der Waals surface area contributed by atoms with Crippen molar-refractivity contribution in [2.24, 2.45) is 0 Å². The van der Waals surface area contributed by atoms with Gasteiger partial charge in [-0.15, -0.1) is 0 Å². The van der Waals surface area contributed by atoms with Gasteiger partial charge in [-0.25, -0.2) is 4.98 Å². The van der Waals surface area contributed by atoms with E-state index in [0.29, 0.717) is 18.1 Å². The van der Waals surface area contributed by atoms with Crippen LogP contribution in [0.4, 0.5) is 0 Å². The van der Waals surface area contributed by atoms with Crippen LogP contribution < -0.4 is 0 Å². The summed E-state index contributed by atoms with van der Waals surface area (Å²) in [6.45, 7) is 2.06. The first-order valence-corrected chi connectivity index (χ1v) is 7.08. The molecule has 0 amide bonds. The summed E-state index contributed by atoms with van der Waals surface area (Å²) in [4.78, 5) is 12.2. The standard InChI is InChI=1S/C13H13BrN4O/c1-2-8(14)13-17-12(18-19-13)7-11-15-9-5-3-4-6-10(9)16-11/h3-6,8H,2,7H2,1H3,(H,15,16). The number of rotatable bonds is 4. The van der Waals surface area contributed by atoms with Crippen LogP contribution >= 0.6 is 15.9 Å². The second-order valence-electron chi connectivity index (χ2n) is 4.30. The highest BCUT2D eigenvalue weighted by Crippen LogP contribution is 2.24. The number of nitrogens with zero attached hydrogens (tertiary/aromatic N) is 3. The molecule has 2 heterocycles. The molecule has 1 unspecified atom stereocenters. The fraction of sp³-hybridized carbons (Fsp3) is 0.308. The number of hydrogen-bond donors (Lipinski definition) is 1. The summed E-state index contributed by atoms with van der Waals surface area (Å²) in [6.07, 6.45) is 1.45. The number of fused-ring (bicyclic) bond motifs is 1. The summed E-state index contributed by atoms with van der Waals surface area (Å²) < 4.78 is 5.21. The van der Waals surface area contributed by atoms with E-state index in [4.69, 9.17) is 4.52 Å². The molecule has 0 radical (unpaired) electrons. The molecule has 1 aromatic carbocycles. The molecule has 1 N–H and O–H groups in total. The molecule has 3 rings (SSSR count). The average Bonchev–Trinajstić information content (AvgIpc) is 3.04. The second-order valence-corrected chi connectivity index (χ2v) is 5.41. The van der Waals surface area contributed by atoms with Gasteiger partial charge in [0.1, 0.15) is 5.82 Å². The van der Waals surface area contributed by atoms with E-state index < -0.39 is 0 Å². The Kier molecular flexibility index (Phi) is 3.33. The maximum absolute atomic E-state index is 5.21. The lowest BCUT2D eigenvalue weighted by molar-refractivity contribution is 0.371. The molecule has 0 aliphatic heterocycles. The summed E-state index contributed by atoms with van der Waals surface area (Å²) in [5, 5.41) is 3.97. The van der Waals surface area contributed by atoms with Gasteiger partial charge in [0.05, 0.1) is 22.3 Å². The normalized spacial score (nSPS) is 12.9. The number of imidazole rings is 1. The predicted molar refractivity (Wildman–Crippen MR) is 75.2 cm³/mol. The molecule has 6 heteroatoms. The zero-order chi connectivity index (χ0) is 13.2. The minimum Gasteiger partial charge on any atom is -0.342 e. The van der Waals surface area contributed by atoms with E-state index in [1.807, 2.05) is 24.3 Å². The number of hydrogen-bond acceptors (Lipinski definition) is 4. The number of halogens is 1. The van der Waals surface area contributed by atoms with Crippen LogP contribution in [0.1, 0.15) is 35.7 Å². The van der Waals surface area contributed by atoms with E-state index in [1.54, 1.807) is 0 Å². The molecular formula is C13H13BrN4O. The smallest absolute Gasteiger partial charge is 0.240 e. The van der Waals surface area contributed by atoms with E-state index in [1.165, 1.54) is 0 Å². The van der Waals surface area contributed by atoms with Gasteiger partial charge in [0.15, 0.2) is 5.82 Å². The molecule has 0 aliphatic rings. The van der Waals surface area contributed by atoms with Gasteiger partial charge in [0.2, 0.25) is 5.89 Å². The van der Waals surface area contributed by atoms with E-state index in [0.717, 1.165) is 23.3 Å². The maximum atomic E-state index is 5.21. The Morgan fingerprint density at radius 2 is 2.16 bits per heavy atom. The average molecular weight is 321 g/mol. The summed E-state index contributed by atoms with van der Waals surface area (Å²) in [5.41, 5.74) is 1.97. The largest absolute Gasteiger partial charge is 0.342 e. The number of alkyl halides is 1. The number of nitrogens with one attached hydrogen (secondary N) is 1. The third kappa shape index (κ3) is 2.53. The Bertz CT molecular complexity index is 658. The first kappa shape index (κ1) is 12.3. The molecule has 2 aromatic heterocycles. The van der Waals surface area contributed by atoms with Crippen molar-refractivity contribution in [2.45, 2.75) is 24.6 Å². The van der Waals surface area contributed by atoms with Crippen molar-refractivity contribution in [3.05, 3.63) is 41.8 Å². The van der Waals surface area contributed by atoms with Crippen LogP contribution in [0.25, 0.3) is 11.0 Å². The number of benzene rings is 1. The molecule has 5 nitrogen and oxygen atoms in total. The summed E-state index contributed by atoms with van der Waals surface area (Å²) in [5.74, 6) is 2.11. The zero-order valence-corrected chi connectivity index (χ0v) is 12.0. The Labute approximate surface area is 118 Å². The third-order valence-corrected chi connectivity index (χ3v) is 3.91. The van der Waals surface area contributed by atoms with Crippen molar-refractivity contribution < 1.29 is 4.52 Å². The van der Waals surface area contributed by atoms with Crippen molar-refractivity contribution >= 4 is 27.0 Å². The first-order valence-electron chi connectivity index (χ1n) is 6.16. The van der Waals surface area contributed by atoms with Crippen LogP contribution in [0.3, 0.4) is 0 Å². The van der Waals surface area contributed by atoms with Crippen LogP contribution in [0.5, 0.6) is 0 Å². The zero-order valence-electron chi connectivity index (χ0n) is 10.4. The number of para-hydroxylation sites is 2. The molecule has 0 saturated carbocycles. The molecule has 19 heavy (non-hydrogen) atoms. The van der Waals surface area contributed by atoms with Gasteiger partial charge in [-0.05, 0) is 18.6 Å². The highest BCUT2D eigenvalue weighted by atomic mass is 79.9. The van der Waals surface area contributed by atoms with Gasteiger partial charge >= 0.3 is 0 Å². The van der Waals surface area contributed by atoms with Gasteiger partial charge in [-0.1, -0.05) is 40.1 Å². The van der Waals surface area contributed by atoms with Crippen LogP contribution in [0.15, 0.2) is 28.8 Å². The topological polar surface area (TPSA) is 67.6 Å². The van der Waals surface area contributed by atoms with Crippen LogP contribution in [-0.2, 0) is 6.42 Å². The lowest BCUT2D eigenvalue weighted by atomic mass is 10.3. The van der Waals surface area contributed by atoms with Crippen molar-refractivity contribution in [3.8, 4) is 0 Å². The molecule has 0 bridgehead atoms. The lowest BCUT2D eigenvalue weighted by Gasteiger charge is -1.96. The molecule has 0 aliphatic carbocycles. The molecule has 0 fully saturated rings. The van der Waals surface area contributed by atoms with Crippen LogP contribution in [0, 0.1) is 0 Å². The number of H-pyrrole nitrogens is 1. The minimum absolute atomic E-state index is 0.115. The van der Waals surface area contributed by atoms with Gasteiger partial charge in [0, 0.05) is 0 Å². The van der Waals surface area contributed by atoms with Crippen molar-refractivity contribution in [2.75, 3.05) is 0 Å². The van der Waals surface area contributed by atoms with Crippen molar-refractivity contribution in [3.63, 3.8) is 0 Å². The Hall–Kier alpha value is -1.69. The molecule has 0 spiro atoms. The molecule has 0 saturated heterocycles. The van der Waals surface area contributed by atoms with Crippen molar-refractivity contribution in [1.29, 1.82) is 0 Å². The third-order valence-electron chi connectivity index (χ3n) is 2.87. The monoisotopic (exact) mass is 320 g/mol. The Morgan fingerprint density at radius 1 is 1.32 bits per heavy atom. The van der Waals surface area contributed by atoms with Crippen LogP contribution in [0.2, 0.25) is 0 Å². The molecule has 1 atom stereocenters. The first-order chi connectivity index (χ1) is 9.26. The van der Waals surface area contributed by atoms with E-state index in [9.17, 15) is 0 Å². The van der Waals surface area contributed by atoms with Gasteiger partial charge in [-0.2, -0.15) is 4.98 Å². The minimum atomic E-state index is 0.115. The molecule has 3 aromatic rings. The lowest BCUT2D eigenvalue weighted by Crippen LogP contribution is -1.94. The van der Waals surface area contributed by atoms with E-state index in [-0.39, 0.29) is 4.83 Å². The molecule has 98 valence electrons. The maximum Gasteiger partial charge on any atom is 0.240 e. The Balaban J connectivity index is 1.82. The fourth-order valence-corrected chi connectivity index (χ4v) is 2.07. The summed E-state index contributed by atoms with van der Waals surface area (Å²) >= 11 is 3.49. The van der Waals surface area contributed by atoms with Gasteiger partial charge in [0.25, 0.3) is 0 Å². The molecular weight excluding hydrogens is 308 g/mol. The highest BCUT2D eigenvalue weighted by molar-refractivity contribution is 9.09. The van der Waals surface area contributed by atoms with Gasteiger partial charge in [-0.3, -0.25) is 0 Å². The van der Waals surface area contributed by atoms with E-state index >= 15 is 0 Å². The van der Waals surface area contributed by atoms with Crippen LogP contribution in [-0.4, -0.2) is 20.1 Å². The predicted octanol–water partition coefficient (Wildman–Crippen LogP) is 3.38. The quantitative estimate of drug-likeness (QED) is 0.748. The summed E-state index contributed by atoms with van der Waals surface area (Å²) in [7, 11) is 0. The summed E-state index contributed by atoms with van der Waals surface area (Å²) in [6, 6.07) is 7.92. The SMILES string of the molecule is CCC(Br)c1nc(Cc2nc3ccccc3[nH]2)no1. The van der Waals surface area contributed by atoms with E-state index in [2.05, 4.69) is 43.0 Å². The number of aromatic amines is 1. The fourth-order valence-electron chi connectivity index (χ4n) is 1.88. The number of aromatic nitrogens is 4. The van der Waals surface area contributed by atoms with Gasteiger partial charge < -0.3 is 9.51 Å².